The van der Waals surface area contributed by atoms with Crippen molar-refractivity contribution in [1.29, 1.82) is 0 Å². The summed E-state index contributed by atoms with van der Waals surface area (Å²) in [6.07, 6.45) is 7.05. The lowest BCUT2D eigenvalue weighted by molar-refractivity contribution is 0.0250. The Morgan fingerprint density at radius 2 is 2.03 bits per heavy atom. The third-order valence-corrected chi connectivity index (χ3v) is 5.94. The van der Waals surface area contributed by atoms with E-state index in [1.165, 1.54) is 12.8 Å². The molecular weight excluding hydrogens is 450 g/mol. The van der Waals surface area contributed by atoms with Crippen molar-refractivity contribution in [3.63, 3.8) is 0 Å². The van der Waals surface area contributed by atoms with E-state index in [0.29, 0.717) is 29.9 Å². The number of halogens is 1. The minimum Gasteiger partial charge on any atom is -0.439 e. The maximum absolute atomic E-state index is 10.5. The van der Waals surface area contributed by atoms with Crippen molar-refractivity contribution in [2.75, 3.05) is 26.3 Å². The quantitative estimate of drug-likeness (QED) is 0.297. The minimum atomic E-state index is -0.631. The number of rotatable bonds is 12. The zero-order valence-electron chi connectivity index (χ0n) is 19.4. The van der Waals surface area contributed by atoms with Crippen LogP contribution in [0.3, 0.4) is 0 Å². The number of para-hydroxylation sites is 1. The number of aliphatic hydroxyl groups excluding tert-OH is 1. The van der Waals surface area contributed by atoms with Crippen LogP contribution in [0.25, 0.3) is 5.69 Å². The highest BCUT2D eigenvalue weighted by Gasteiger charge is 2.28. The lowest BCUT2D eigenvalue weighted by Crippen LogP contribution is -2.36. The van der Waals surface area contributed by atoms with Crippen LogP contribution >= 0.6 is 11.6 Å². The summed E-state index contributed by atoms with van der Waals surface area (Å²) < 4.78 is 13.5. The van der Waals surface area contributed by atoms with Crippen LogP contribution in [0.15, 0.2) is 54.6 Å². The van der Waals surface area contributed by atoms with E-state index in [4.69, 9.17) is 32.6 Å². The molecule has 1 N–H and O–H groups in total. The maximum Gasteiger partial charge on any atom is 0.227 e. The van der Waals surface area contributed by atoms with Crippen LogP contribution in [0.5, 0.6) is 11.6 Å². The monoisotopic (exact) mass is 479 g/mol. The van der Waals surface area contributed by atoms with Crippen LogP contribution in [0.1, 0.15) is 24.1 Å². The molecule has 1 heterocycles. The summed E-state index contributed by atoms with van der Waals surface area (Å²) in [6.45, 7) is 4.36. The Labute approximate surface area is 206 Å². The first kappa shape index (κ1) is 24.3. The van der Waals surface area contributed by atoms with Crippen molar-refractivity contribution >= 4 is 11.6 Å². The van der Waals surface area contributed by atoms with Gasteiger partial charge in [-0.2, -0.15) is 5.10 Å². The molecule has 34 heavy (non-hydrogen) atoms. The SMILES string of the molecule is C#CCOC[C@@H](O)CN(Cc1c(C)nn(-c2cccc(Cl)c2)c1Oc1ccccc1)CC1CC1. The largest absolute Gasteiger partial charge is 0.439 e. The van der Waals surface area contributed by atoms with Crippen LogP contribution in [0.4, 0.5) is 0 Å². The van der Waals surface area contributed by atoms with E-state index in [0.717, 1.165) is 29.2 Å². The van der Waals surface area contributed by atoms with Gasteiger partial charge in [-0.25, -0.2) is 4.68 Å². The average Bonchev–Trinajstić information content (AvgIpc) is 3.59. The molecule has 4 rings (SSSR count). The highest BCUT2D eigenvalue weighted by atomic mass is 35.5. The summed E-state index contributed by atoms with van der Waals surface area (Å²) in [5, 5.41) is 16.0. The van der Waals surface area contributed by atoms with Gasteiger partial charge < -0.3 is 14.6 Å². The Kier molecular flexibility index (Phi) is 8.25. The van der Waals surface area contributed by atoms with Crippen molar-refractivity contribution in [2.24, 2.45) is 5.92 Å². The first-order chi connectivity index (χ1) is 16.5. The molecule has 1 aliphatic carbocycles. The topological polar surface area (TPSA) is 59.8 Å². The van der Waals surface area contributed by atoms with Crippen LogP contribution in [-0.4, -0.2) is 52.2 Å². The van der Waals surface area contributed by atoms with Crippen molar-refractivity contribution < 1.29 is 14.6 Å². The van der Waals surface area contributed by atoms with Crippen molar-refractivity contribution in [1.82, 2.24) is 14.7 Å². The molecule has 2 aromatic carbocycles. The molecule has 1 fully saturated rings. The number of aromatic nitrogens is 2. The minimum absolute atomic E-state index is 0.195. The van der Waals surface area contributed by atoms with Crippen LogP contribution in [0, 0.1) is 25.2 Å². The number of hydrogen-bond donors (Lipinski definition) is 1. The van der Waals surface area contributed by atoms with Crippen LogP contribution in [0.2, 0.25) is 5.02 Å². The maximum atomic E-state index is 10.5. The van der Waals surface area contributed by atoms with Crippen molar-refractivity contribution in [3.8, 4) is 29.7 Å². The average molecular weight is 480 g/mol. The lowest BCUT2D eigenvalue weighted by atomic mass is 10.2. The second-order valence-corrected chi connectivity index (χ2v) is 9.12. The second-order valence-electron chi connectivity index (χ2n) is 8.69. The van der Waals surface area contributed by atoms with E-state index in [9.17, 15) is 5.11 Å². The van der Waals surface area contributed by atoms with Gasteiger partial charge in [0, 0.05) is 24.7 Å². The molecule has 1 aromatic heterocycles. The summed E-state index contributed by atoms with van der Waals surface area (Å²) in [4.78, 5) is 2.26. The van der Waals surface area contributed by atoms with Crippen LogP contribution < -0.4 is 4.74 Å². The van der Waals surface area contributed by atoms with Gasteiger partial charge in [-0.1, -0.05) is 41.8 Å². The van der Waals surface area contributed by atoms with E-state index in [1.54, 1.807) is 4.68 Å². The summed E-state index contributed by atoms with van der Waals surface area (Å²) in [5.74, 6) is 4.46. The van der Waals surface area contributed by atoms with Gasteiger partial charge in [-0.3, -0.25) is 4.90 Å². The smallest absolute Gasteiger partial charge is 0.227 e. The number of ether oxygens (including phenoxy) is 2. The van der Waals surface area contributed by atoms with Crippen molar-refractivity contribution in [2.45, 2.75) is 32.4 Å². The molecule has 3 aromatic rings. The molecule has 1 atom stereocenters. The van der Waals surface area contributed by atoms with E-state index in [2.05, 4.69) is 10.8 Å². The molecular formula is C27H30ClN3O3. The first-order valence-corrected chi connectivity index (χ1v) is 11.9. The molecule has 1 aliphatic rings. The normalized spacial score (nSPS) is 14.2. The molecule has 0 aliphatic heterocycles. The molecule has 0 saturated heterocycles. The molecule has 0 amide bonds. The molecule has 0 bridgehead atoms. The van der Waals surface area contributed by atoms with Gasteiger partial charge in [0.15, 0.2) is 0 Å². The zero-order valence-corrected chi connectivity index (χ0v) is 20.1. The summed E-state index contributed by atoms with van der Waals surface area (Å²) in [6, 6.07) is 17.2. The van der Waals surface area contributed by atoms with E-state index in [-0.39, 0.29) is 13.2 Å². The fourth-order valence-corrected chi connectivity index (χ4v) is 4.09. The first-order valence-electron chi connectivity index (χ1n) is 11.5. The highest BCUT2D eigenvalue weighted by Crippen LogP contribution is 2.34. The molecule has 0 spiro atoms. The fourth-order valence-electron chi connectivity index (χ4n) is 3.91. The summed E-state index contributed by atoms with van der Waals surface area (Å²) in [5.41, 5.74) is 2.66. The number of terminal acetylenes is 1. The van der Waals surface area contributed by atoms with Gasteiger partial charge in [0.2, 0.25) is 5.88 Å². The molecule has 7 heteroatoms. The summed E-state index contributed by atoms with van der Waals surface area (Å²) in [7, 11) is 0. The van der Waals surface area contributed by atoms with E-state index < -0.39 is 6.10 Å². The van der Waals surface area contributed by atoms with Crippen molar-refractivity contribution in [3.05, 3.63) is 70.9 Å². The Bertz CT molecular complexity index is 1120. The molecule has 0 radical (unpaired) electrons. The van der Waals surface area contributed by atoms with Gasteiger partial charge >= 0.3 is 0 Å². The Morgan fingerprint density at radius 3 is 2.74 bits per heavy atom. The van der Waals surface area contributed by atoms with Gasteiger partial charge in [-0.15, -0.1) is 6.42 Å². The standard InChI is InChI=1S/C27H30ClN3O3/c1-3-14-33-19-24(32)17-30(16-21-12-13-21)18-26-20(2)29-31(23-9-7-8-22(28)15-23)27(26)34-25-10-5-4-6-11-25/h1,4-11,15,21,24,32H,12-14,16-19H2,2H3/t24-/m0/s1. The number of benzene rings is 2. The predicted molar refractivity (Wildman–Crippen MR) is 133 cm³/mol. The number of aryl methyl sites for hydroxylation is 1. The number of nitrogens with zero attached hydrogens (tertiary/aromatic N) is 3. The summed E-state index contributed by atoms with van der Waals surface area (Å²) >= 11 is 6.27. The molecule has 6 nitrogen and oxygen atoms in total. The highest BCUT2D eigenvalue weighted by molar-refractivity contribution is 6.30. The zero-order chi connectivity index (χ0) is 23.9. The van der Waals surface area contributed by atoms with E-state index >= 15 is 0 Å². The van der Waals surface area contributed by atoms with Gasteiger partial charge in [0.05, 0.1) is 29.7 Å². The van der Waals surface area contributed by atoms with Gasteiger partial charge in [-0.05, 0) is 56.0 Å². The molecule has 178 valence electrons. The lowest BCUT2D eigenvalue weighted by Gasteiger charge is -2.25. The van der Waals surface area contributed by atoms with Gasteiger partial charge in [0.1, 0.15) is 12.4 Å². The number of aliphatic hydroxyl groups is 1. The Morgan fingerprint density at radius 1 is 1.24 bits per heavy atom. The van der Waals surface area contributed by atoms with Gasteiger partial charge in [0.25, 0.3) is 0 Å². The number of hydrogen-bond acceptors (Lipinski definition) is 5. The third kappa shape index (κ3) is 6.62. The third-order valence-electron chi connectivity index (χ3n) is 5.71. The predicted octanol–water partition coefficient (Wildman–Crippen LogP) is 4.85. The van der Waals surface area contributed by atoms with E-state index in [1.807, 2.05) is 61.5 Å². The molecule has 1 saturated carbocycles. The molecule has 0 unspecified atom stereocenters. The Hall–Kier alpha value is -2.82. The second kappa shape index (κ2) is 11.5. The Balaban J connectivity index is 1.63. The van der Waals surface area contributed by atoms with Crippen LogP contribution in [-0.2, 0) is 11.3 Å². The fraction of sp³-hybridized carbons (Fsp3) is 0.370.